The van der Waals surface area contributed by atoms with Crippen LogP contribution in [0, 0.1) is 0 Å². The van der Waals surface area contributed by atoms with Gasteiger partial charge >= 0.3 is 0 Å². The molecule has 0 spiro atoms. The van der Waals surface area contributed by atoms with Gasteiger partial charge in [-0.25, -0.2) is 0 Å². The van der Waals surface area contributed by atoms with E-state index in [0.29, 0.717) is 24.8 Å². The molecule has 0 aliphatic rings. The van der Waals surface area contributed by atoms with Crippen LogP contribution in [-0.4, -0.2) is 14.7 Å². The highest BCUT2D eigenvalue weighted by Gasteiger charge is 2.04. The van der Waals surface area contributed by atoms with E-state index in [-0.39, 0.29) is 0 Å². The second-order valence-corrected chi connectivity index (χ2v) is 3.35. The maximum absolute atomic E-state index is 5.52. The van der Waals surface area contributed by atoms with Crippen molar-refractivity contribution in [3.63, 3.8) is 0 Å². The van der Waals surface area contributed by atoms with Gasteiger partial charge < -0.3 is 14.8 Å². The summed E-state index contributed by atoms with van der Waals surface area (Å²) in [5.74, 6) is 1.38. The molecule has 5 nitrogen and oxygen atoms in total. The van der Waals surface area contributed by atoms with Gasteiger partial charge in [0.15, 0.2) is 5.82 Å². The van der Waals surface area contributed by atoms with Gasteiger partial charge in [-0.1, -0.05) is 12.1 Å². The zero-order valence-electron chi connectivity index (χ0n) is 8.68. The Morgan fingerprint density at radius 2 is 2.40 bits per heavy atom. The summed E-state index contributed by atoms with van der Waals surface area (Å²) in [6.07, 6.45) is 4.72. The van der Waals surface area contributed by atoms with Crippen LogP contribution in [0.4, 0.5) is 0 Å². The van der Waals surface area contributed by atoms with Crippen molar-refractivity contribution in [3.05, 3.63) is 35.7 Å². The molecule has 0 saturated carbocycles. The summed E-state index contributed by atoms with van der Waals surface area (Å²) in [7, 11) is 0. The summed E-state index contributed by atoms with van der Waals surface area (Å²) in [5.41, 5.74) is 6.62. The van der Waals surface area contributed by atoms with Crippen molar-refractivity contribution in [1.29, 1.82) is 0 Å². The molecule has 15 heavy (non-hydrogen) atoms. The zero-order valence-corrected chi connectivity index (χ0v) is 8.68. The third-order valence-electron chi connectivity index (χ3n) is 2.18. The summed E-state index contributed by atoms with van der Waals surface area (Å²) in [6, 6.07) is 1.99. The molecular formula is C10H14N4O. The normalized spacial score (nSPS) is 10.8. The van der Waals surface area contributed by atoms with Crippen molar-refractivity contribution in [1.82, 2.24) is 14.7 Å². The van der Waals surface area contributed by atoms with Crippen molar-refractivity contribution in [2.24, 2.45) is 5.73 Å². The maximum atomic E-state index is 5.52. The van der Waals surface area contributed by atoms with Gasteiger partial charge in [0, 0.05) is 25.4 Å². The standard InChI is InChI=1S/C10H14N4O/c1-2-10-12-9(13-15-10)7-14-4-3-8(5-11)6-14/h3-4,6H,2,5,7,11H2,1H3. The van der Waals surface area contributed by atoms with Crippen LogP contribution in [0.25, 0.3) is 0 Å². The number of aryl methyl sites for hydroxylation is 1. The molecule has 0 unspecified atom stereocenters. The van der Waals surface area contributed by atoms with Gasteiger partial charge in [-0.3, -0.25) is 0 Å². The predicted molar refractivity (Wildman–Crippen MR) is 55.1 cm³/mol. The van der Waals surface area contributed by atoms with Crippen molar-refractivity contribution in [3.8, 4) is 0 Å². The Morgan fingerprint density at radius 1 is 1.53 bits per heavy atom. The Morgan fingerprint density at radius 3 is 3.00 bits per heavy atom. The number of hydrogen-bond acceptors (Lipinski definition) is 4. The second-order valence-electron chi connectivity index (χ2n) is 3.35. The minimum atomic E-state index is 0.555. The Kier molecular flexibility index (Phi) is 2.82. The number of aromatic nitrogens is 3. The average Bonchev–Trinajstić information content (AvgIpc) is 2.87. The molecule has 0 aliphatic heterocycles. The summed E-state index contributed by atoms with van der Waals surface area (Å²) < 4.78 is 7.01. The molecule has 0 bridgehead atoms. The molecule has 2 N–H and O–H groups in total. The quantitative estimate of drug-likeness (QED) is 0.808. The van der Waals surface area contributed by atoms with Crippen LogP contribution >= 0.6 is 0 Å². The molecule has 2 aromatic heterocycles. The highest BCUT2D eigenvalue weighted by Crippen LogP contribution is 2.04. The van der Waals surface area contributed by atoms with E-state index in [1.165, 1.54) is 0 Å². The fraction of sp³-hybridized carbons (Fsp3) is 0.400. The Balaban J connectivity index is 2.07. The first-order valence-corrected chi connectivity index (χ1v) is 4.98. The van der Waals surface area contributed by atoms with Crippen LogP contribution in [0.2, 0.25) is 0 Å². The maximum Gasteiger partial charge on any atom is 0.226 e. The number of hydrogen-bond donors (Lipinski definition) is 1. The molecule has 80 valence electrons. The monoisotopic (exact) mass is 206 g/mol. The van der Waals surface area contributed by atoms with E-state index in [0.717, 1.165) is 12.0 Å². The van der Waals surface area contributed by atoms with Crippen LogP contribution in [0.3, 0.4) is 0 Å². The molecule has 0 fully saturated rings. The summed E-state index contributed by atoms with van der Waals surface area (Å²) in [5, 5.41) is 3.88. The van der Waals surface area contributed by atoms with Gasteiger partial charge in [0.1, 0.15) is 0 Å². The highest BCUT2D eigenvalue weighted by molar-refractivity contribution is 5.10. The second kappa shape index (κ2) is 4.27. The average molecular weight is 206 g/mol. The van der Waals surface area contributed by atoms with Crippen LogP contribution in [0.1, 0.15) is 24.2 Å². The first-order valence-electron chi connectivity index (χ1n) is 4.98. The Labute approximate surface area is 87.9 Å². The van der Waals surface area contributed by atoms with Crippen LogP contribution < -0.4 is 5.73 Å². The topological polar surface area (TPSA) is 69.9 Å². The molecule has 0 saturated heterocycles. The number of nitrogens with two attached hydrogens (primary N) is 1. The summed E-state index contributed by atoms with van der Waals surface area (Å²) in [4.78, 5) is 4.23. The summed E-state index contributed by atoms with van der Waals surface area (Å²) >= 11 is 0. The van der Waals surface area contributed by atoms with Crippen LogP contribution in [0.5, 0.6) is 0 Å². The van der Waals surface area contributed by atoms with E-state index in [9.17, 15) is 0 Å². The van der Waals surface area contributed by atoms with E-state index in [1.54, 1.807) is 0 Å². The van der Waals surface area contributed by atoms with Gasteiger partial charge in [-0.2, -0.15) is 4.98 Å². The molecule has 5 heteroatoms. The van der Waals surface area contributed by atoms with Gasteiger partial charge in [-0.15, -0.1) is 0 Å². The van der Waals surface area contributed by atoms with E-state index in [2.05, 4.69) is 10.1 Å². The highest BCUT2D eigenvalue weighted by atomic mass is 16.5. The largest absolute Gasteiger partial charge is 0.346 e. The molecule has 0 aliphatic carbocycles. The molecule has 0 amide bonds. The minimum Gasteiger partial charge on any atom is -0.346 e. The van der Waals surface area contributed by atoms with Gasteiger partial charge in [-0.05, 0) is 11.6 Å². The van der Waals surface area contributed by atoms with Crippen LogP contribution in [-0.2, 0) is 19.5 Å². The fourth-order valence-corrected chi connectivity index (χ4v) is 1.37. The summed E-state index contributed by atoms with van der Waals surface area (Å²) in [6.45, 7) is 3.17. The lowest BCUT2D eigenvalue weighted by Gasteiger charge is -1.95. The minimum absolute atomic E-state index is 0.555. The molecular weight excluding hydrogens is 192 g/mol. The molecule has 0 radical (unpaired) electrons. The van der Waals surface area contributed by atoms with E-state index in [1.807, 2.05) is 30.0 Å². The van der Waals surface area contributed by atoms with E-state index >= 15 is 0 Å². The van der Waals surface area contributed by atoms with Crippen molar-refractivity contribution in [2.45, 2.75) is 26.4 Å². The first-order chi connectivity index (χ1) is 7.31. The molecule has 2 aromatic rings. The van der Waals surface area contributed by atoms with Crippen LogP contribution in [0.15, 0.2) is 23.0 Å². The third kappa shape index (κ3) is 2.24. The molecule has 2 rings (SSSR count). The molecule has 2 heterocycles. The molecule has 0 aromatic carbocycles. The van der Waals surface area contributed by atoms with Crippen molar-refractivity contribution in [2.75, 3.05) is 0 Å². The van der Waals surface area contributed by atoms with E-state index in [4.69, 9.17) is 10.3 Å². The lowest BCUT2D eigenvalue weighted by atomic mass is 10.3. The van der Waals surface area contributed by atoms with E-state index < -0.39 is 0 Å². The lowest BCUT2D eigenvalue weighted by molar-refractivity contribution is 0.375. The third-order valence-corrected chi connectivity index (χ3v) is 2.18. The zero-order chi connectivity index (χ0) is 10.7. The van der Waals surface area contributed by atoms with Crippen molar-refractivity contribution < 1.29 is 4.52 Å². The van der Waals surface area contributed by atoms with Crippen molar-refractivity contribution >= 4 is 0 Å². The Hall–Kier alpha value is -1.62. The first kappa shape index (κ1) is 9.92. The van der Waals surface area contributed by atoms with Gasteiger partial charge in [0.05, 0.1) is 6.54 Å². The Bertz CT molecular complexity index is 392. The predicted octanol–water partition coefficient (Wildman–Crippen LogP) is 0.940. The SMILES string of the molecule is CCc1nc(Cn2ccc(CN)c2)no1. The smallest absolute Gasteiger partial charge is 0.226 e. The number of rotatable bonds is 4. The number of nitrogens with zero attached hydrogens (tertiary/aromatic N) is 3. The van der Waals surface area contributed by atoms with Gasteiger partial charge in [0.2, 0.25) is 5.89 Å². The fourth-order valence-electron chi connectivity index (χ4n) is 1.37. The van der Waals surface area contributed by atoms with Gasteiger partial charge in [0.25, 0.3) is 0 Å². The molecule has 0 atom stereocenters. The lowest BCUT2D eigenvalue weighted by Crippen LogP contribution is -1.99.